The van der Waals surface area contributed by atoms with Crippen molar-refractivity contribution in [2.45, 2.75) is 6.42 Å². The molecule has 1 saturated heterocycles. The van der Waals surface area contributed by atoms with Gasteiger partial charge in [0, 0.05) is 31.1 Å². The Hall–Kier alpha value is -2.93. The topological polar surface area (TPSA) is 66.5 Å². The number of rotatable bonds is 6. The number of amides is 1. The molecule has 0 atom stereocenters. The summed E-state index contributed by atoms with van der Waals surface area (Å²) >= 11 is 0. The molecule has 4 rings (SSSR count). The quantitative estimate of drug-likeness (QED) is 0.760. The fraction of sp³-hybridized carbons (Fsp3) is 0.381. The highest BCUT2D eigenvalue weighted by Gasteiger charge is 2.21. The molecule has 0 aromatic heterocycles. The Morgan fingerprint density at radius 2 is 1.79 bits per heavy atom. The molecule has 0 bridgehead atoms. The molecule has 0 N–H and O–H groups in total. The number of methoxy groups -OCH3 is 1. The van der Waals surface area contributed by atoms with Crippen LogP contribution in [0.5, 0.6) is 23.0 Å². The van der Waals surface area contributed by atoms with Gasteiger partial charge in [0.25, 0.3) is 5.91 Å². The highest BCUT2D eigenvalue weighted by Crippen LogP contribution is 2.39. The Bertz CT molecular complexity index is 830. The lowest BCUT2D eigenvalue weighted by Crippen LogP contribution is -2.43. The summed E-state index contributed by atoms with van der Waals surface area (Å²) in [6.45, 7) is 2.50. The average molecular weight is 385 g/mol. The van der Waals surface area contributed by atoms with Crippen LogP contribution in [0.3, 0.4) is 0 Å². The van der Waals surface area contributed by atoms with E-state index in [9.17, 15) is 4.79 Å². The van der Waals surface area contributed by atoms with Crippen LogP contribution >= 0.6 is 0 Å². The van der Waals surface area contributed by atoms with Crippen molar-refractivity contribution in [3.63, 3.8) is 0 Å². The van der Waals surface area contributed by atoms with Gasteiger partial charge in [0.15, 0.2) is 18.1 Å². The SMILES string of the molecule is COc1ccc(Cc2cc3c(cc2OCC(=O)N2CCOCC2)OCO3)cc1. The molecule has 0 spiro atoms. The second-order valence-electron chi connectivity index (χ2n) is 6.62. The number of hydrogen-bond acceptors (Lipinski definition) is 6. The summed E-state index contributed by atoms with van der Waals surface area (Å²) in [4.78, 5) is 14.2. The van der Waals surface area contributed by atoms with Gasteiger partial charge in [-0.3, -0.25) is 4.79 Å². The first-order valence-corrected chi connectivity index (χ1v) is 9.27. The monoisotopic (exact) mass is 385 g/mol. The van der Waals surface area contributed by atoms with Crippen molar-refractivity contribution in [3.05, 3.63) is 47.5 Å². The Balaban J connectivity index is 1.50. The van der Waals surface area contributed by atoms with Gasteiger partial charge in [-0.15, -0.1) is 0 Å². The number of fused-ring (bicyclic) bond motifs is 1. The Morgan fingerprint density at radius 3 is 2.50 bits per heavy atom. The highest BCUT2D eigenvalue weighted by atomic mass is 16.7. The fourth-order valence-electron chi connectivity index (χ4n) is 3.24. The first kappa shape index (κ1) is 18.4. The van der Waals surface area contributed by atoms with Crippen molar-refractivity contribution in [2.75, 3.05) is 46.8 Å². The molecule has 2 aromatic carbocycles. The van der Waals surface area contributed by atoms with Crippen LogP contribution < -0.4 is 18.9 Å². The number of morpholine rings is 1. The number of benzene rings is 2. The third kappa shape index (κ3) is 4.14. The normalized spacial score (nSPS) is 15.4. The molecule has 0 unspecified atom stereocenters. The number of carbonyl (C=O) groups is 1. The van der Waals surface area contributed by atoms with Gasteiger partial charge in [-0.25, -0.2) is 0 Å². The zero-order chi connectivity index (χ0) is 19.3. The van der Waals surface area contributed by atoms with E-state index in [1.54, 1.807) is 18.1 Å². The maximum Gasteiger partial charge on any atom is 0.260 e. The smallest absolute Gasteiger partial charge is 0.260 e. The summed E-state index contributed by atoms with van der Waals surface area (Å²) < 4.78 is 27.4. The first-order valence-electron chi connectivity index (χ1n) is 9.27. The van der Waals surface area contributed by atoms with E-state index in [4.69, 9.17) is 23.7 Å². The van der Waals surface area contributed by atoms with Crippen molar-refractivity contribution in [2.24, 2.45) is 0 Å². The minimum atomic E-state index is -0.0450. The van der Waals surface area contributed by atoms with Crippen LogP contribution in [0.25, 0.3) is 0 Å². The maximum atomic E-state index is 12.4. The standard InChI is InChI=1S/C21H23NO6/c1-24-17-4-2-15(3-5-17)10-16-11-19-20(28-14-27-19)12-18(16)26-13-21(23)22-6-8-25-9-7-22/h2-5,11-12H,6-10,13-14H2,1H3. The average Bonchev–Trinajstić information content (AvgIpc) is 3.20. The molecule has 1 amide bonds. The van der Waals surface area contributed by atoms with Crippen LogP contribution in [0.15, 0.2) is 36.4 Å². The summed E-state index contributed by atoms with van der Waals surface area (Å²) in [5.41, 5.74) is 2.04. The number of carbonyl (C=O) groups excluding carboxylic acids is 1. The van der Waals surface area contributed by atoms with Gasteiger partial charge in [-0.05, 0) is 23.8 Å². The van der Waals surface area contributed by atoms with Crippen LogP contribution in [0, 0.1) is 0 Å². The van der Waals surface area contributed by atoms with E-state index in [1.165, 1.54) is 0 Å². The summed E-state index contributed by atoms with van der Waals surface area (Å²) in [6.07, 6.45) is 0.641. The largest absolute Gasteiger partial charge is 0.497 e. The molecule has 7 heteroatoms. The second kappa shape index (κ2) is 8.39. The van der Waals surface area contributed by atoms with E-state index in [0.29, 0.717) is 50.0 Å². The van der Waals surface area contributed by atoms with Crippen LogP contribution in [0.2, 0.25) is 0 Å². The van der Waals surface area contributed by atoms with Crippen molar-refractivity contribution in [3.8, 4) is 23.0 Å². The minimum absolute atomic E-state index is 0.0186. The van der Waals surface area contributed by atoms with Gasteiger partial charge in [-0.1, -0.05) is 12.1 Å². The molecule has 0 radical (unpaired) electrons. The van der Waals surface area contributed by atoms with Gasteiger partial charge >= 0.3 is 0 Å². The molecule has 7 nitrogen and oxygen atoms in total. The molecule has 148 valence electrons. The summed E-state index contributed by atoms with van der Waals surface area (Å²) in [5, 5.41) is 0. The van der Waals surface area contributed by atoms with Gasteiger partial charge in [0.05, 0.1) is 20.3 Å². The number of nitrogens with zero attached hydrogens (tertiary/aromatic N) is 1. The molecular formula is C21H23NO6. The van der Waals surface area contributed by atoms with E-state index in [0.717, 1.165) is 16.9 Å². The van der Waals surface area contributed by atoms with Crippen LogP contribution in [-0.2, 0) is 16.0 Å². The van der Waals surface area contributed by atoms with E-state index in [2.05, 4.69) is 0 Å². The van der Waals surface area contributed by atoms with E-state index >= 15 is 0 Å². The molecule has 0 aliphatic carbocycles. The van der Waals surface area contributed by atoms with Gasteiger partial charge in [0.1, 0.15) is 11.5 Å². The zero-order valence-corrected chi connectivity index (χ0v) is 15.8. The number of ether oxygens (including phenoxy) is 5. The van der Waals surface area contributed by atoms with E-state index < -0.39 is 0 Å². The van der Waals surface area contributed by atoms with E-state index in [1.807, 2.05) is 30.3 Å². The second-order valence-corrected chi connectivity index (χ2v) is 6.62. The lowest BCUT2D eigenvalue weighted by Gasteiger charge is -2.26. The predicted octanol–water partition coefficient (Wildman–Crippen LogP) is 2.25. The summed E-state index contributed by atoms with van der Waals surface area (Å²) in [7, 11) is 1.64. The molecule has 0 saturated carbocycles. The predicted molar refractivity (Wildman–Crippen MR) is 101 cm³/mol. The van der Waals surface area contributed by atoms with Gasteiger partial charge < -0.3 is 28.6 Å². The molecule has 2 aromatic rings. The molecule has 1 fully saturated rings. The Labute approximate surface area is 163 Å². The maximum absolute atomic E-state index is 12.4. The van der Waals surface area contributed by atoms with Crippen LogP contribution in [0.1, 0.15) is 11.1 Å². The van der Waals surface area contributed by atoms with Crippen molar-refractivity contribution >= 4 is 5.91 Å². The lowest BCUT2D eigenvalue weighted by atomic mass is 10.0. The van der Waals surface area contributed by atoms with Gasteiger partial charge in [0.2, 0.25) is 6.79 Å². The molecule has 28 heavy (non-hydrogen) atoms. The Kier molecular flexibility index (Phi) is 5.53. The van der Waals surface area contributed by atoms with Crippen LogP contribution in [-0.4, -0.2) is 57.6 Å². The summed E-state index contributed by atoms with van der Waals surface area (Å²) in [6, 6.07) is 11.6. The van der Waals surface area contributed by atoms with Crippen molar-refractivity contribution < 1.29 is 28.5 Å². The van der Waals surface area contributed by atoms with E-state index in [-0.39, 0.29) is 19.3 Å². The molecule has 2 aliphatic heterocycles. The summed E-state index contributed by atoms with van der Waals surface area (Å²) in [5.74, 6) is 2.71. The third-order valence-electron chi connectivity index (χ3n) is 4.82. The molecule has 2 heterocycles. The zero-order valence-electron chi connectivity index (χ0n) is 15.8. The van der Waals surface area contributed by atoms with Gasteiger partial charge in [-0.2, -0.15) is 0 Å². The van der Waals surface area contributed by atoms with Crippen molar-refractivity contribution in [1.29, 1.82) is 0 Å². The van der Waals surface area contributed by atoms with Crippen LogP contribution in [0.4, 0.5) is 0 Å². The highest BCUT2D eigenvalue weighted by molar-refractivity contribution is 5.78. The molecule has 2 aliphatic rings. The van der Waals surface area contributed by atoms with Crippen molar-refractivity contribution in [1.82, 2.24) is 4.90 Å². The Morgan fingerprint density at radius 1 is 1.07 bits per heavy atom. The lowest BCUT2D eigenvalue weighted by molar-refractivity contribution is -0.137. The minimum Gasteiger partial charge on any atom is -0.497 e. The third-order valence-corrected chi connectivity index (χ3v) is 4.82. The first-order chi connectivity index (χ1) is 13.7. The molecular weight excluding hydrogens is 362 g/mol. The number of hydrogen-bond donors (Lipinski definition) is 0. The fourth-order valence-corrected chi connectivity index (χ4v) is 3.24.